The number of nitrogen functional groups attached to an aromatic ring is 1. The summed E-state index contributed by atoms with van der Waals surface area (Å²) in [7, 11) is -3.02. The van der Waals surface area contributed by atoms with Crippen molar-refractivity contribution in [2.45, 2.75) is 18.9 Å². The minimum Gasteiger partial charge on any atom is -0.382 e. The molecule has 1 saturated heterocycles. The summed E-state index contributed by atoms with van der Waals surface area (Å²) in [6.07, 6.45) is 1.26. The van der Waals surface area contributed by atoms with Gasteiger partial charge in [-0.05, 0) is 12.8 Å². The van der Waals surface area contributed by atoms with Crippen molar-refractivity contribution in [2.75, 3.05) is 17.2 Å². The van der Waals surface area contributed by atoms with Crippen LogP contribution in [0.1, 0.15) is 23.3 Å². The first-order chi connectivity index (χ1) is 7.96. The van der Waals surface area contributed by atoms with Gasteiger partial charge in [-0.1, -0.05) is 0 Å². The lowest BCUT2D eigenvalue weighted by molar-refractivity contribution is 0.0933. The van der Waals surface area contributed by atoms with Gasteiger partial charge in [0.05, 0.1) is 11.5 Å². The van der Waals surface area contributed by atoms with Gasteiger partial charge >= 0.3 is 0 Å². The Hall–Kier alpha value is -1.57. The fraction of sp³-hybridized carbons (Fsp3) is 0.556. The number of H-pyrrole nitrogens is 1. The van der Waals surface area contributed by atoms with E-state index in [0.717, 1.165) is 0 Å². The lowest BCUT2D eigenvalue weighted by Gasteiger charge is -2.22. The third-order valence-electron chi connectivity index (χ3n) is 2.64. The molecule has 1 fully saturated rings. The van der Waals surface area contributed by atoms with Crippen molar-refractivity contribution in [3.63, 3.8) is 0 Å². The van der Waals surface area contributed by atoms with Gasteiger partial charge in [0, 0.05) is 12.1 Å². The number of anilines is 1. The summed E-state index contributed by atoms with van der Waals surface area (Å²) in [4.78, 5) is 11.7. The van der Waals surface area contributed by atoms with Crippen LogP contribution < -0.4 is 11.1 Å². The van der Waals surface area contributed by atoms with Gasteiger partial charge in [0.1, 0.15) is 11.5 Å². The molecule has 1 aromatic rings. The second-order valence-electron chi connectivity index (χ2n) is 4.13. The van der Waals surface area contributed by atoms with Gasteiger partial charge in [-0.15, -0.1) is 0 Å². The molecule has 1 aromatic heterocycles. The van der Waals surface area contributed by atoms with Crippen LogP contribution in [0, 0.1) is 0 Å². The van der Waals surface area contributed by atoms with Crippen LogP contribution in [0.4, 0.5) is 5.82 Å². The number of rotatable bonds is 2. The van der Waals surface area contributed by atoms with Gasteiger partial charge in [0.15, 0.2) is 9.84 Å². The van der Waals surface area contributed by atoms with Crippen LogP contribution in [0.25, 0.3) is 0 Å². The fourth-order valence-electron chi connectivity index (χ4n) is 1.85. The maximum atomic E-state index is 11.7. The number of carbonyl (C=O) groups is 1. The molecule has 0 spiro atoms. The van der Waals surface area contributed by atoms with Crippen LogP contribution in [-0.2, 0) is 9.84 Å². The Bertz CT molecular complexity index is 522. The highest BCUT2D eigenvalue weighted by atomic mass is 32.2. The number of nitrogens with one attached hydrogen (secondary N) is 2. The molecule has 1 amide bonds. The number of aromatic nitrogens is 2. The van der Waals surface area contributed by atoms with E-state index in [0.29, 0.717) is 12.8 Å². The number of nitrogens with zero attached hydrogens (tertiary/aromatic N) is 1. The molecule has 4 N–H and O–H groups in total. The molecule has 1 aliphatic rings. The number of hydrogen-bond donors (Lipinski definition) is 3. The quantitative estimate of drug-likeness (QED) is 0.648. The number of carbonyl (C=O) groups excluding carboxylic acids is 1. The van der Waals surface area contributed by atoms with Crippen molar-refractivity contribution >= 4 is 21.6 Å². The highest BCUT2D eigenvalue weighted by Crippen LogP contribution is 2.12. The second-order valence-corrected chi connectivity index (χ2v) is 6.36. The number of sulfone groups is 1. The van der Waals surface area contributed by atoms with Crippen LogP contribution in [-0.4, -0.2) is 42.1 Å². The van der Waals surface area contributed by atoms with Crippen molar-refractivity contribution in [3.05, 3.63) is 11.8 Å². The standard InChI is InChI=1S/C9H14N4O3S/c10-8-4-7(12-13-8)9(14)11-6-2-1-3-17(15,16)5-6/h4,6H,1-3,5H2,(H,11,14)(H3,10,12,13). The molecule has 0 aliphatic carbocycles. The lowest BCUT2D eigenvalue weighted by Crippen LogP contribution is -2.43. The molecule has 0 saturated carbocycles. The maximum Gasteiger partial charge on any atom is 0.269 e. The van der Waals surface area contributed by atoms with E-state index in [1.54, 1.807) is 0 Å². The summed E-state index contributed by atoms with van der Waals surface area (Å²) >= 11 is 0. The summed E-state index contributed by atoms with van der Waals surface area (Å²) in [5, 5.41) is 8.77. The van der Waals surface area contributed by atoms with E-state index in [1.807, 2.05) is 0 Å². The van der Waals surface area contributed by atoms with Crippen LogP contribution in [0.3, 0.4) is 0 Å². The van der Waals surface area contributed by atoms with Gasteiger partial charge in [-0.25, -0.2) is 8.42 Å². The molecule has 7 nitrogen and oxygen atoms in total. The summed E-state index contributed by atoms with van der Waals surface area (Å²) < 4.78 is 22.8. The van der Waals surface area contributed by atoms with Crippen LogP contribution >= 0.6 is 0 Å². The van der Waals surface area contributed by atoms with Gasteiger partial charge in [0.2, 0.25) is 0 Å². The first kappa shape index (κ1) is 11.9. The zero-order valence-electron chi connectivity index (χ0n) is 9.14. The predicted octanol–water partition coefficient (Wildman–Crippen LogP) is -0.701. The number of aromatic amines is 1. The van der Waals surface area contributed by atoms with E-state index >= 15 is 0 Å². The summed E-state index contributed by atoms with van der Waals surface area (Å²) in [5.41, 5.74) is 5.62. The molecule has 1 atom stereocenters. The Labute approximate surface area is 98.7 Å². The van der Waals surface area contributed by atoms with E-state index in [4.69, 9.17) is 5.73 Å². The first-order valence-electron chi connectivity index (χ1n) is 5.28. The molecule has 2 rings (SSSR count). The highest BCUT2D eigenvalue weighted by Gasteiger charge is 2.26. The topological polar surface area (TPSA) is 118 Å². The minimum atomic E-state index is -3.02. The normalized spacial score (nSPS) is 23.2. The van der Waals surface area contributed by atoms with Gasteiger partial charge in [-0.3, -0.25) is 9.89 Å². The van der Waals surface area contributed by atoms with Crippen molar-refractivity contribution < 1.29 is 13.2 Å². The second kappa shape index (κ2) is 4.36. The molecule has 0 radical (unpaired) electrons. The Morgan fingerprint density at radius 2 is 2.35 bits per heavy atom. The SMILES string of the molecule is Nc1cc(C(=O)NC2CCCS(=O)(=O)C2)[nH]n1. The van der Waals surface area contributed by atoms with Crippen molar-refractivity contribution in [2.24, 2.45) is 0 Å². The Kier molecular flexibility index (Phi) is 3.05. The van der Waals surface area contributed by atoms with Crippen LogP contribution in [0.5, 0.6) is 0 Å². The largest absolute Gasteiger partial charge is 0.382 e. The Balaban J connectivity index is 1.99. The maximum absolute atomic E-state index is 11.7. The Morgan fingerprint density at radius 1 is 1.59 bits per heavy atom. The summed E-state index contributed by atoms with van der Waals surface area (Å²) in [6, 6.07) is 1.08. The number of hydrogen-bond acceptors (Lipinski definition) is 5. The third kappa shape index (κ3) is 2.96. The lowest BCUT2D eigenvalue weighted by atomic mass is 10.2. The smallest absolute Gasteiger partial charge is 0.269 e. The Morgan fingerprint density at radius 3 is 2.94 bits per heavy atom. The van der Waals surface area contributed by atoms with Crippen LogP contribution in [0.15, 0.2) is 6.07 Å². The zero-order valence-corrected chi connectivity index (χ0v) is 9.96. The average molecular weight is 258 g/mol. The van der Waals surface area contributed by atoms with E-state index in [2.05, 4.69) is 15.5 Å². The molecule has 94 valence electrons. The van der Waals surface area contributed by atoms with Gasteiger partial charge in [-0.2, -0.15) is 5.10 Å². The fourth-order valence-corrected chi connectivity index (χ4v) is 3.49. The summed E-state index contributed by atoms with van der Waals surface area (Å²) in [5.74, 6) is 0.0568. The first-order valence-corrected chi connectivity index (χ1v) is 7.10. The summed E-state index contributed by atoms with van der Waals surface area (Å²) in [6.45, 7) is 0. The molecule has 0 bridgehead atoms. The molecular weight excluding hydrogens is 244 g/mol. The van der Waals surface area contributed by atoms with E-state index in [-0.39, 0.29) is 35.0 Å². The van der Waals surface area contributed by atoms with E-state index in [1.165, 1.54) is 6.07 Å². The van der Waals surface area contributed by atoms with E-state index in [9.17, 15) is 13.2 Å². The highest BCUT2D eigenvalue weighted by molar-refractivity contribution is 7.91. The van der Waals surface area contributed by atoms with Crippen molar-refractivity contribution in [3.8, 4) is 0 Å². The van der Waals surface area contributed by atoms with Crippen molar-refractivity contribution in [1.29, 1.82) is 0 Å². The minimum absolute atomic E-state index is 0.00234. The van der Waals surface area contributed by atoms with Crippen molar-refractivity contribution in [1.82, 2.24) is 15.5 Å². The van der Waals surface area contributed by atoms with E-state index < -0.39 is 9.84 Å². The van der Waals surface area contributed by atoms with Crippen LogP contribution in [0.2, 0.25) is 0 Å². The average Bonchev–Trinajstić information content (AvgIpc) is 2.63. The molecule has 17 heavy (non-hydrogen) atoms. The third-order valence-corrected chi connectivity index (χ3v) is 4.46. The molecule has 0 aromatic carbocycles. The molecule has 1 aliphatic heterocycles. The zero-order chi connectivity index (χ0) is 12.5. The number of nitrogens with two attached hydrogens (primary N) is 1. The predicted molar refractivity (Wildman–Crippen MR) is 62.1 cm³/mol. The molecule has 1 unspecified atom stereocenters. The monoisotopic (exact) mass is 258 g/mol. The van der Waals surface area contributed by atoms with Gasteiger partial charge < -0.3 is 11.1 Å². The molecule has 8 heteroatoms. The number of amides is 1. The molecule has 2 heterocycles. The van der Waals surface area contributed by atoms with Gasteiger partial charge in [0.25, 0.3) is 5.91 Å². The molecular formula is C9H14N4O3S.